The first-order valence-electron chi connectivity index (χ1n) is 8.08. The van der Waals surface area contributed by atoms with Gasteiger partial charge in [0.05, 0.1) is 12.2 Å². The first-order valence-corrected chi connectivity index (χ1v) is 8.08. The molecule has 5 unspecified atom stereocenters. The van der Waals surface area contributed by atoms with Crippen LogP contribution in [-0.4, -0.2) is 65.2 Å². The maximum Gasteiger partial charge on any atom is 0.338 e. The molecule has 134 valence electrons. The van der Waals surface area contributed by atoms with E-state index in [1.165, 1.54) is 0 Å². The van der Waals surface area contributed by atoms with E-state index in [0.29, 0.717) is 12.2 Å². The molecular formula is C17H24O7. The highest BCUT2D eigenvalue weighted by molar-refractivity contribution is 5.89. The van der Waals surface area contributed by atoms with Gasteiger partial charge in [0, 0.05) is 6.61 Å². The summed E-state index contributed by atoms with van der Waals surface area (Å²) in [6.45, 7) is 1.84. The van der Waals surface area contributed by atoms with E-state index >= 15 is 0 Å². The quantitative estimate of drug-likeness (QED) is 0.489. The Kier molecular flexibility index (Phi) is 7.14. The lowest BCUT2D eigenvalue weighted by atomic mass is 9.98. The number of carbonyl (C=O) groups excluding carboxylic acids is 1. The van der Waals surface area contributed by atoms with E-state index in [4.69, 9.17) is 14.2 Å². The summed E-state index contributed by atoms with van der Waals surface area (Å²) in [5, 5.41) is 29.7. The van der Waals surface area contributed by atoms with E-state index < -0.39 is 43.3 Å². The van der Waals surface area contributed by atoms with Crippen LogP contribution in [0.1, 0.15) is 30.1 Å². The summed E-state index contributed by atoms with van der Waals surface area (Å²) >= 11 is 0. The van der Waals surface area contributed by atoms with Crippen LogP contribution >= 0.6 is 0 Å². The predicted molar refractivity (Wildman–Crippen MR) is 84.3 cm³/mol. The molecule has 7 heteroatoms. The Bertz CT molecular complexity index is 507. The fourth-order valence-corrected chi connectivity index (χ4v) is 2.50. The van der Waals surface area contributed by atoms with Crippen molar-refractivity contribution < 1.29 is 34.3 Å². The second kappa shape index (κ2) is 9.10. The molecule has 0 saturated carbocycles. The van der Waals surface area contributed by atoms with Crippen LogP contribution in [0.4, 0.5) is 0 Å². The summed E-state index contributed by atoms with van der Waals surface area (Å²) in [5.74, 6) is -0.651. The minimum Gasteiger partial charge on any atom is -0.450 e. The molecule has 1 aliphatic heterocycles. The number of unbranched alkanes of at least 4 members (excludes halogenated alkanes) is 1. The number of benzene rings is 1. The molecule has 24 heavy (non-hydrogen) atoms. The number of carbonyl (C=O) groups is 1. The highest BCUT2D eigenvalue weighted by atomic mass is 16.7. The number of aliphatic hydroxyl groups excluding tert-OH is 3. The SMILES string of the molecule is CCCCOC1C(O)C(CO)OC(O)C1OC(=O)c1ccccc1. The molecule has 1 aliphatic rings. The van der Waals surface area contributed by atoms with Gasteiger partial charge in [-0.05, 0) is 18.6 Å². The van der Waals surface area contributed by atoms with Crippen LogP contribution in [0.2, 0.25) is 0 Å². The molecule has 0 aromatic heterocycles. The first-order chi connectivity index (χ1) is 11.6. The zero-order chi connectivity index (χ0) is 17.5. The van der Waals surface area contributed by atoms with Gasteiger partial charge in [0.25, 0.3) is 0 Å². The van der Waals surface area contributed by atoms with Crippen molar-refractivity contribution in [1.29, 1.82) is 0 Å². The molecule has 3 N–H and O–H groups in total. The number of hydrogen-bond donors (Lipinski definition) is 3. The highest BCUT2D eigenvalue weighted by Gasteiger charge is 2.47. The van der Waals surface area contributed by atoms with Crippen molar-refractivity contribution in [2.75, 3.05) is 13.2 Å². The van der Waals surface area contributed by atoms with Crippen LogP contribution in [0.25, 0.3) is 0 Å². The molecule has 0 radical (unpaired) electrons. The number of ether oxygens (including phenoxy) is 3. The van der Waals surface area contributed by atoms with Crippen LogP contribution in [-0.2, 0) is 14.2 Å². The van der Waals surface area contributed by atoms with Gasteiger partial charge in [-0.15, -0.1) is 0 Å². The van der Waals surface area contributed by atoms with Crippen LogP contribution < -0.4 is 0 Å². The van der Waals surface area contributed by atoms with Gasteiger partial charge in [0.1, 0.15) is 18.3 Å². The molecule has 0 spiro atoms. The van der Waals surface area contributed by atoms with Crippen molar-refractivity contribution in [3.63, 3.8) is 0 Å². The summed E-state index contributed by atoms with van der Waals surface area (Å²) in [6.07, 6.45) is -4.24. The van der Waals surface area contributed by atoms with E-state index in [1.54, 1.807) is 30.3 Å². The van der Waals surface area contributed by atoms with E-state index in [0.717, 1.165) is 12.8 Å². The topological polar surface area (TPSA) is 105 Å². The third kappa shape index (κ3) is 4.52. The monoisotopic (exact) mass is 340 g/mol. The Morgan fingerprint density at radius 1 is 1.21 bits per heavy atom. The van der Waals surface area contributed by atoms with Gasteiger partial charge in [0.15, 0.2) is 12.4 Å². The van der Waals surface area contributed by atoms with Crippen LogP contribution in [0.5, 0.6) is 0 Å². The third-order valence-corrected chi connectivity index (χ3v) is 3.88. The molecule has 5 atom stereocenters. The highest BCUT2D eigenvalue weighted by Crippen LogP contribution is 2.26. The van der Waals surface area contributed by atoms with Crippen molar-refractivity contribution in [3.05, 3.63) is 35.9 Å². The van der Waals surface area contributed by atoms with Crippen molar-refractivity contribution in [2.24, 2.45) is 0 Å². The molecule has 1 saturated heterocycles. The van der Waals surface area contributed by atoms with E-state index in [2.05, 4.69) is 0 Å². The molecular weight excluding hydrogens is 316 g/mol. The lowest BCUT2D eigenvalue weighted by Gasteiger charge is -2.41. The second-order valence-electron chi connectivity index (χ2n) is 5.66. The molecule has 0 bridgehead atoms. The first kappa shape index (κ1) is 18.8. The smallest absolute Gasteiger partial charge is 0.338 e. The maximum absolute atomic E-state index is 12.2. The number of rotatable bonds is 7. The Labute approximate surface area is 140 Å². The van der Waals surface area contributed by atoms with Gasteiger partial charge in [-0.2, -0.15) is 0 Å². The average molecular weight is 340 g/mol. The van der Waals surface area contributed by atoms with Crippen LogP contribution in [0.3, 0.4) is 0 Å². The van der Waals surface area contributed by atoms with Gasteiger partial charge in [0.2, 0.25) is 0 Å². The maximum atomic E-state index is 12.2. The van der Waals surface area contributed by atoms with Crippen molar-refractivity contribution >= 4 is 5.97 Å². The Morgan fingerprint density at radius 3 is 2.54 bits per heavy atom. The molecule has 1 fully saturated rings. The Morgan fingerprint density at radius 2 is 1.92 bits per heavy atom. The average Bonchev–Trinajstić information content (AvgIpc) is 2.60. The normalized spacial score (nSPS) is 30.1. The van der Waals surface area contributed by atoms with Gasteiger partial charge in [-0.25, -0.2) is 4.79 Å². The summed E-state index contributed by atoms with van der Waals surface area (Å²) in [4.78, 5) is 12.2. The fraction of sp³-hybridized carbons (Fsp3) is 0.588. The lowest BCUT2D eigenvalue weighted by molar-refractivity contribution is -0.293. The molecule has 2 rings (SSSR count). The predicted octanol–water partition coefficient (Wildman–Crippen LogP) is 0.468. The summed E-state index contributed by atoms with van der Waals surface area (Å²) in [6, 6.07) is 8.31. The number of aliphatic hydroxyl groups is 3. The number of esters is 1. The molecule has 1 aromatic carbocycles. The van der Waals surface area contributed by atoms with Crippen molar-refractivity contribution in [2.45, 2.75) is 50.5 Å². The standard InChI is InChI=1S/C17H24O7/c1-2-3-9-22-14-13(19)12(10-18)23-17(21)15(14)24-16(20)11-7-5-4-6-8-11/h4-8,12-15,17-19,21H,2-3,9-10H2,1H3. The Balaban J connectivity index is 2.11. The summed E-state index contributed by atoms with van der Waals surface area (Å²) in [7, 11) is 0. The Hall–Kier alpha value is -1.51. The molecule has 7 nitrogen and oxygen atoms in total. The van der Waals surface area contributed by atoms with Crippen LogP contribution in [0, 0.1) is 0 Å². The minimum atomic E-state index is -1.50. The summed E-state index contributed by atoms with van der Waals surface area (Å²) in [5.41, 5.74) is 0.316. The molecule has 1 aromatic rings. The van der Waals surface area contributed by atoms with Gasteiger partial charge >= 0.3 is 5.97 Å². The zero-order valence-electron chi connectivity index (χ0n) is 13.6. The van der Waals surface area contributed by atoms with E-state index in [1.807, 2.05) is 6.92 Å². The fourth-order valence-electron chi connectivity index (χ4n) is 2.50. The molecule has 0 aliphatic carbocycles. The molecule has 0 amide bonds. The van der Waals surface area contributed by atoms with Gasteiger partial charge < -0.3 is 29.5 Å². The van der Waals surface area contributed by atoms with Crippen LogP contribution in [0.15, 0.2) is 30.3 Å². The minimum absolute atomic E-state index is 0.316. The van der Waals surface area contributed by atoms with Gasteiger partial charge in [-0.1, -0.05) is 31.5 Å². The van der Waals surface area contributed by atoms with Crippen molar-refractivity contribution in [1.82, 2.24) is 0 Å². The lowest BCUT2D eigenvalue weighted by Crippen LogP contribution is -2.60. The van der Waals surface area contributed by atoms with E-state index in [-0.39, 0.29) is 0 Å². The third-order valence-electron chi connectivity index (χ3n) is 3.88. The molecule has 1 heterocycles. The second-order valence-corrected chi connectivity index (χ2v) is 5.66. The zero-order valence-corrected chi connectivity index (χ0v) is 13.6. The summed E-state index contributed by atoms with van der Waals surface area (Å²) < 4.78 is 16.1. The van der Waals surface area contributed by atoms with E-state index in [9.17, 15) is 20.1 Å². The number of hydrogen-bond acceptors (Lipinski definition) is 7. The largest absolute Gasteiger partial charge is 0.450 e. The van der Waals surface area contributed by atoms with Gasteiger partial charge in [-0.3, -0.25) is 0 Å². The van der Waals surface area contributed by atoms with Crippen molar-refractivity contribution in [3.8, 4) is 0 Å².